The summed E-state index contributed by atoms with van der Waals surface area (Å²) in [6.07, 6.45) is 35.6. The summed E-state index contributed by atoms with van der Waals surface area (Å²) in [6.45, 7) is 4.60. The molecule has 0 unspecified atom stereocenters. The van der Waals surface area contributed by atoms with Gasteiger partial charge in [-0.2, -0.15) is 0 Å². The van der Waals surface area contributed by atoms with E-state index in [-0.39, 0.29) is 0 Å². The fraction of sp³-hybridized carbons (Fsp3) is 0.706. The lowest BCUT2D eigenvalue weighted by Gasteiger charge is -2.04. The minimum absolute atomic E-state index is 1.25. The highest BCUT2D eigenvalue weighted by atomic mass is 32.1. The zero-order valence-electron chi connectivity index (χ0n) is 23.8. The molecule has 36 heavy (non-hydrogen) atoms. The highest BCUT2D eigenvalue weighted by molar-refractivity contribution is 7.12. The molecular weight excluding hydrogens is 473 g/mol. The lowest BCUT2D eigenvalue weighted by atomic mass is 10.0. The zero-order chi connectivity index (χ0) is 25.5. The molecule has 0 nitrogen and oxygen atoms in total. The average molecular weight is 529 g/mol. The Morgan fingerprint density at radius 3 is 1.08 bits per heavy atom. The van der Waals surface area contributed by atoms with Crippen molar-refractivity contribution in [2.45, 2.75) is 155 Å². The van der Waals surface area contributed by atoms with Crippen molar-refractivity contribution in [3.05, 3.63) is 43.8 Å². The van der Waals surface area contributed by atoms with Crippen LogP contribution < -0.4 is 0 Å². The smallest absolute Gasteiger partial charge is 0.0302 e. The number of hydrogen-bond acceptors (Lipinski definition) is 2. The van der Waals surface area contributed by atoms with Gasteiger partial charge in [0.2, 0.25) is 0 Å². The first-order chi connectivity index (χ1) is 17.8. The summed E-state index contributed by atoms with van der Waals surface area (Å²) < 4.78 is 0. The van der Waals surface area contributed by atoms with E-state index >= 15 is 0 Å². The van der Waals surface area contributed by atoms with Gasteiger partial charge in [-0.05, 0) is 71.9 Å². The monoisotopic (exact) mass is 528 g/mol. The maximum absolute atomic E-state index is 2.39. The fourth-order valence-electron chi connectivity index (χ4n) is 5.16. The van der Waals surface area contributed by atoms with Crippen LogP contribution in [0.1, 0.15) is 163 Å². The van der Waals surface area contributed by atoms with Gasteiger partial charge in [0.15, 0.2) is 0 Å². The minimum Gasteiger partial charge on any atom is -0.144 e. The van der Waals surface area contributed by atoms with Gasteiger partial charge in [0, 0.05) is 9.75 Å². The van der Waals surface area contributed by atoms with Crippen LogP contribution in [0.25, 0.3) is 12.2 Å². The Kier molecular flexibility index (Phi) is 19.3. The molecular formula is C34H56S2. The summed E-state index contributed by atoms with van der Waals surface area (Å²) in [6, 6.07) is 4.72. The lowest BCUT2D eigenvalue weighted by Crippen LogP contribution is -1.87. The SMILES string of the molecule is CCCCCCCCCCCCc1ccsc1/C=C/c1sccc1CCCCCCCCCCCC. The molecule has 0 N–H and O–H groups in total. The summed E-state index contributed by atoms with van der Waals surface area (Å²) in [5.41, 5.74) is 3.12. The third-order valence-corrected chi connectivity index (χ3v) is 9.40. The van der Waals surface area contributed by atoms with Crippen molar-refractivity contribution in [2.24, 2.45) is 0 Å². The van der Waals surface area contributed by atoms with Gasteiger partial charge in [-0.15, -0.1) is 22.7 Å². The van der Waals surface area contributed by atoms with Gasteiger partial charge in [0.25, 0.3) is 0 Å². The predicted molar refractivity (Wildman–Crippen MR) is 169 cm³/mol. The highest BCUT2D eigenvalue weighted by Crippen LogP contribution is 2.26. The van der Waals surface area contributed by atoms with Crippen LogP contribution in [0.15, 0.2) is 22.9 Å². The van der Waals surface area contributed by atoms with Gasteiger partial charge in [-0.1, -0.05) is 129 Å². The van der Waals surface area contributed by atoms with Crippen LogP contribution in [-0.2, 0) is 12.8 Å². The molecule has 2 aromatic rings. The summed E-state index contributed by atoms with van der Waals surface area (Å²) >= 11 is 3.82. The van der Waals surface area contributed by atoms with E-state index in [1.807, 2.05) is 22.7 Å². The average Bonchev–Trinajstić information content (AvgIpc) is 3.54. The van der Waals surface area contributed by atoms with Crippen LogP contribution in [0.2, 0.25) is 0 Å². The number of rotatable bonds is 24. The van der Waals surface area contributed by atoms with Gasteiger partial charge < -0.3 is 0 Å². The third-order valence-electron chi connectivity index (χ3n) is 7.55. The van der Waals surface area contributed by atoms with Crippen LogP contribution in [0.4, 0.5) is 0 Å². The van der Waals surface area contributed by atoms with Crippen molar-refractivity contribution in [3.63, 3.8) is 0 Å². The second-order valence-electron chi connectivity index (χ2n) is 10.8. The predicted octanol–water partition coefficient (Wildman–Crippen LogP) is 12.9. The molecule has 0 aromatic carbocycles. The summed E-state index contributed by atoms with van der Waals surface area (Å²) in [7, 11) is 0. The Labute approximate surface area is 233 Å². The van der Waals surface area contributed by atoms with Crippen LogP contribution in [0.5, 0.6) is 0 Å². The van der Waals surface area contributed by atoms with Crippen molar-refractivity contribution in [2.75, 3.05) is 0 Å². The molecule has 0 radical (unpaired) electrons. The highest BCUT2D eigenvalue weighted by Gasteiger charge is 2.05. The lowest BCUT2D eigenvalue weighted by molar-refractivity contribution is 0.556. The molecule has 0 aliphatic rings. The van der Waals surface area contributed by atoms with Gasteiger partial charge in [-0.25, -0.2) is 0 Å². The van der Waals surface area contributed by atoms with Crippen LogP contribution in [-0.4, -0.2) is 0 Å². The molecule has 0 saturated heterocycles. The summed E-state index contributed by atoms with van der Waals surface area (Å²) in [4.78, 5) is 2.95. The van der Waals surface area contributed by atoms with Gasteiger partial charge in [0.1, 0.15) is 0 Å². The normalized spacial score (nSPS) is 11.7. The fourth-order valence-corrected chi connectivity index (χ4v) is 6.85. The molecule has 204 valence electrons. The largest absolute Gasteiger partial charge is 0.144 e. The van der Waals surface area contributed by atoms with E-state index in [0.29, 0.717) is 0 Å². The van der Waals surface area contributed by atoms with Crippen molar-refractivity contribution in [1.29, 1.82) is 0 Å². The Balaban J connectivity index is 1.59. The first-order valence-electron chi connectivity index (χ1n) is 15.7. The first kappa shape index (κ1) is 31.4. The Hall–Kier alpha value is -0.860. The maximum Gasteiger partial charge on any atom is 0.0302 e. The van der Waals surface area contributed by atoms with Crippen molar-refractivity contribution in [3.8, 4) is 0 Å². The van der Waals surface area contributed by atoms with Crippen molar-refractivity contribution < 1.29 is 0 Å². The summed E-state index contributed by atoms with van der Waals surface area (Å²) in [5.74, 6) is 0. The summed E-state index contributed by atoms with van der Waals surface area (Å²) in [5, 5.41) is 4.56. The second-order valence-corrected chi connectivity index (χ2v) is 12.7. The maximum atomic E-state index is 2.39. The van der Waals surface area contributed by atoms with Gasteiger partial charge >= 0.3 is 0 Å². The van der Waals surface area contributed by atoms with Crippen molar-refractivity contribution >= 4 is 34.8 Å². The van der Waals surface area contributed by atoms with E-state index in [4.69, 9.17) is 0 Å². The first-order valence-corrected chi connectivity index (χ1v) is 17.4. The van der Waals surface area contributed by atoms with Crippen LogP contribution in [0.3, 0.4) is 0 Å². The third kappa shape index (κ3) is 14.8. The quantitative estimate of drug-likeness (QED) is 0.119. The molecule has 2 heteroatoms. The van der Waals surface area contributed by atoms with Crippen LogP contribution >= 0.6 is 22.7 Å². The molecule has 0 amide bonds. The molecule has 0 saturated carbocycles. The Morgan fingerprint density at radius 2 is 0.750 bits per heavy atom. The van der Waals surface area contributed by atoms with E-state index < -0.39 is 0 Å². The van der Waals surface area contributed by atoms with Gasteiger partial charge in [-0.3, -0.25) is 0 Å². The number of hydrogen-bond donors (Lipinski definition) is 0. The van der Waals surface area contributed by atoms with E-state index in [2.05, 4.69) is 48.9 Å². The van der Waals surface area contributed by atoms with E-state index in [9.17, 15) is 0 Å². The molecule has 0 bridgehead atoms. The van der Waals surface area contributed by atoms with E-state index in [1.54, 1.807) is 11.1 Å². The molecule has 2 heterocycles. The minimum atomic E-state index is 1.25. The molecule has 2 aromatic heterocycles. The molecule has 0 aliphatic carbocycles. The molecule has 0 spiro atoms. The number of aryl methyl sites for hydroxylation is 2. The standard InChI is InChI=1S/C34H56S2/c1-3-5-7-9-11-13-15-17-19-21-23-31-27-29-35-33(31)25-26-34-32(28-30-36-34)24-22-20-18-16-14-12-10-8-6-4-2/h25-30H,3-24H2,1-2H3/b26-25+. The second kappa shape index (κ2) is 22.2. The number of unbranched alkanes of at least 4 members (excludes halogenated alkanes) is 18. The van der Waals surface area contributed by atoms with Crippen LogP contribution in [0, 0.1) is 0 Å². The van der Waals surface area contributed by atoms with E-state index in [0.717, 1.165) is 0 Å². The molecule has 0 fully saturated rings. The van der Waals surface area contributed by atoms with E-state index in [1.165, 1.54) is 151 Å². The Morgan fingerprint density at radius 1 is 0.444 bits per heavy atom. The van der Waals surface area contributed by atoms with Gasteiger partial charge in [0.05, 0.1) is 0 Å². The molecule has 2 rings (SSSR count). The topological polar surface area (TPSA) is 0 Å². The Bertz CT molecular complexity index is 701. The number of thiophene rings is 2. The molecule has 0 atom stereocenters. The zero-order valence-corrected chi connectivity index (χ0v) is 25.5. The molecule has 0 aliphatic heterocycles. The van der Waals surface area contributed by atoms with Crippen molar-refractivity contribution in [1.82, 2.24) is 0 Å².